The highest BCUT2D eigenvalue weighted by atomic mass is 14.7. The first-order valence-corrected chi connectivity index (χ1v) is 3.38. The van der Waals surface area contributed by atoms with Crippen LogP contribution in [0.4, 0.5) is 0 Å². The van der Waals surface area contributed by atoms with Crippen LogP contribution in [0, 0.1) is 5.92 Å². The molecular weight excluding hydrogens is 98.1 g/mol. The van der Waals surface area contributed by atoms with E-state index in [0.717, 1.165) is 12.5 Å². The third-order valence-electron chi connectivity index (χ3n) is 1.58. The lowest BCUT2D eigenvalue weighted by atomic mass is 10.1. The molecule has 1 heteroatoms. The van der Waals surface area contributed by atoms with Crippen molar-refractivity contribution in [2.24, 2.45) is 10.9 Å². The average Bonchev–Trinajstić information content (AvgIpc) is 1.94. The van der Waals surface area contributed by atoms with E-state index in [1.807, 2.05) is 0 Å². The molecule has 0 aromatic rings. The topological polar surface area (TPSA) is 12.4 Å². The zero-order valence-electron chi connectivity index (χ0n) is 5.43. The van der Waals surface area contributed by atoms with Crippen LogP contribution in [0.15, 0.2) is 4.99 Å². The maximum absolute atomic E-state index is 4.23. The number of hydrogen-bond acceptors (Lipinski definition) is 1. The summed E-state index contributed by atoms with van der Waals surface area (Å²) in [6.07, 6.45) is 5.96. The molecule has 1 rings (SSSR count). The highest BCUT2D eigenvalue weighted by molar-refractivity contribution is 5.57. The Labute approximate surface area is 50.8 Å². The summed E-state index contributed by atoms with van der Waals surface area (Å²) in [5.41, 5.74) is 0. The monoisotopic (exact) mass is 111 g/mol. The molecule has 1 heterocycles. The van der Waals surface area contributed by atoms with Gasteiger partial charge in [0.15, 0.2) is 0 Å². The van der Waals surface area contributed by atoms with Gasteiger partial charge in [0.25, 0.3) is 0 Å². The van der Waals surface area contributed by atoms with Crippen LogP contribution in [-0.4, -0.2) is 12.8 Å². The first-order chi connectivity index (χ1) is 3.89. The largest absolute Gasteiger partial charge is 0.297 e. The molecular formula is C7H13N. The third-order valence-corrected chi connectivity index (χ3v) is 1.58. The summed E-state index contributed by atoms with van der Waals surface area (Å²) in [5, 5.41) is 0. The van der Waals surface area contributed by atoms with Crippen molar-refractivity contribution >= 4 is 6.21 Å². The Kier molecular flexibility index (Phi) is 2.07. The first-order valence-electron chi connectivity index (χ1n) is 3.38. The second-order valence-corrected chi connectivity index (χ2v) is 2.58. The highest BCUT2D eigenvalue weighted by Crippen LogP contribution is 2.09. The van der Waals surface area contributed by atoms with Crippen molar-refractivity contribution in [2.45, 2.75) is 26.2 Å². The lowest BCUT2D eigenvalue weighted by Crippen LogP contribution is -1.95. The molecule has 0 bridgehead atoms. The van der Waals surface area contributed by atoms with Crippen molar-refractivity contribution in [1.29, 1.82) is 0 Å². The van der Waals surface area contributed by atoms with Gasteiger partial charge >= 0.3 is 0 Å². The summed E-state index contributed by atoms with van der Waals surface area (Å²) in [7, 11) is 0. The SMILES string of the molecule is CC1CCCC=NC1. The fourth-order valence-electron chi connectivity index (χ4n) is 0.995. The molecule has 0 aromatic carbocycles. The summed E-state index contributed by atoms with van der Waals surface area (Å²) in [6.45, 7) is 3.32. The molecule has 8 heavy (non-hydrogen) atoms. The van der Waals surface area contributed by atoms with E-state index in [0.29, 0.717) is 0 Å². The van der Waals surface area contributed by atoms with Gasteiger partial charge in [-0.05, 0) is 31.4 Å². The van der Waals surface area contributed by atoms with Crippen molar-refractivity contribution in [1.82, 2.24) is 0 Å². The van der Waals surface area contributed by atoms with Gasteiger partial charge in [0.2, 0.25) is 0 Å². The second-order valence-electron chi connectivity index (χ2n) is 2.58. The number of hydrogen-bond donors (Lipinski definition) is 0. The van der Waals surface area contributed by atoms with Gasteiger partial charge in [0.1, 0.15) is 0 Å². The van der Waals surface area contributed by atoms with E-state index in [-0.39, 0.29) is 0 Å². The minimum absolute atomic E-state index is 0.828. The predicted molar refractivity (Wildman–Crippen MR) is 36.4 cm³/mol. The Morgan fingerprint density at radius 2 is 2.50 bits per heavy atom. The number of nitrogens with zero attached hydrogens (tertiary/aromatic N) is 1. The predicted octanol–water partition coefficient (Wildman–Crippen LogP) is 1.88. The Hall–Kier alpha value is -0.330. The van der Waals surface area contributed by atoms with Gasteiger partial charge in [-0.2, -0.15) is 0 Å². The van der Waals surface area contributed by atoms with Crippen molar-refractivity contribution < 1.29 is 0 Å². The van der Waals surface area contributed by atoms with Crippen LogP contribution in [0.25, 0.3) is 0 Å². The minimum atomic E-state index is 0.828. The standard InChI is InChI=1S/C7H13N/c1-7-4-2-3-5-8-6-7/h5,7H,2-4,6H2,1H3. The van der Waals surface area contributed by atoms with Gasteiger partial charge in [-0.1, -0.05) is 6.92 Å². The maximum Gasteiger partial charge on any atom is 0.0411 e. The van der Waals surface area contributed by atoms with E-state index >= 15 is 0 Å². The lowest BCUT2D eigenvalue weighted by Gasteiger charge is -2.01. The molecule has 0 radical (unpaired) electrons. The van der Waals surface area contributed by atoms with Gasteiger partial charge < -0.3 is 0 Å². The fourth-order valence-corrected chi connectivity index (χ4v) is 0.995. The van der Waals surface area contributed by atoms with E-state index in [9.17, 15) is 0 Å². The number of aliphatic imine (C=N–C) groups is 1. The zero-order valence-corrected chi connectivity index (χ0v) is 5.43. The van der Waals surface area contributed by atoms with Crippen LogP contribution in [0.2, 0.25) is 0 Å². The zero-order chi connectivity index (χ0) is 5.82. The van der Waals surface area contributed by atoms with Crippen LogP contribution in [0.5, 0.6) is 0 Å². The molecule has 1 aliphatic heterocycles. The van der Waals surface area contributed by atoms with E-state index in [1.165, 1.54) is 19.3 Å². The van der Waals surface area contributed by atoms with Crippen LogP contribution < -0.4 is 0 Å². The van der Waals surface area contributed by atoms with E-state index < -0.39 is 0 Å². The van der Waals surface area contributed by atoms with Gasteiger partial charge in [-0.3, -0.25) is 4.99 Å². The Morgan fingerprint density at radius 3 is 3.38 bits per heavy atom. The summed E-state index contributed by atoms with van der Waals surface area (Å²) < 4.78 is 0. The Bertz CT molecular complexity index is 86.4. The summed E-state index contributed by atoms with van der Waals surface area (Å²) in [5.74, 6) is 0.828. The molecule has 0 amide bonds. The molecule has 1 atom stereocenters. The Morgan fingerprint density at radius 1 is 1.62 bits per heavy atom. The molecule has 1 unspecified atom stereocenters. The minimum Gasteiger partial charge on any atom is -0.297 e. The highest BCUT2D eigenvalue weighted by Gasteiger charge is 2.01. The molecule has 0 N–H and O–H groups in total. The smallest absolute Gasteiger partial charge is 0.0411 e. The van der Waals surface area contributed by atoms with Crippen molar-refractivity contribution in [3.05, 3.63) is 0 Å². The van der Waals surface area contributed by atoms with Gasteiger partial charge in [0, 0.05) is 6.54 Å². The molecule has 0 aromatic heterocycles. The molecule has 0 aliphatic carbocycles. The molecule has 1 nitrogen and oxygen atoms in total. The normalized spacial score (nSPS) is 29.9. The first kappa shape index (κ1) is 5.80. The lowest BCUT2D eigenvalue weighted by molar-refractivity contribution is 0.543. The molecule has 46 valence electrons. The van der Waals surface area contributed by atoms with Gasteiger partial charge in [-0.25, -0.2) is 0 Å². The summed E-state index contributed by atoms with van der Waals surface area (Å²) in [6, 6.07) is 0. The van der Waals surface area contributed by atoms with E-state index in [2.05, 4.69) is 18.1 Å². The Balaban J connectivity index is 2.30. The number of rotatable bonds is 0. The van der Waals surface area contributed by atoms with E-state index in [1.54, 1.807) is 0 Å². The van der Waals surface area contributed by atoms with Crippen molar-refractivity contribution in [2.75, 3.05) is 6.54 Å². The molecule has 0 spiro atoms. The third kappa shape index (κ3) is 1.65. The van der Waals surface area contributed by atoms with Crippen LogP contribution in [0.1, 0.15) is 26.2 Å². The quantitative estimate of drug-likeness (QED) is 0.452. The maximum atomic E-state index is 4.23. The van der Waals surface area contributed by atoms with Crippen molar-refractivity contribution in [3.63, 3.8) is 0 Å². The molecule has 1 aliphatic rings. The fraction of sp³-hybridized carbons (Fsp3) is 0.857. The molecule has 0 fully saturated rings. The van der Waals surface area contributed by atoms with Crippen LogP contribution in [-0.2, 0) is 0 Å². The molecule has 0 saturated heterocycles. The van der Waals surface area contributed by atoms with Crippen LogP contribution >= 0.6 is 0 Å². The second kappa shape index (κ2) is 2.85. The van der Waals surface area contributed by atoms with Crippen LogP contribution in [0.3, 0.4) is 0 Å². The average molecular weight is 111 g/mol. The van der Waals surface area contributed by atoms with E-state index in [4.69, 9.17) is 0 Å². The van der Waals surface area contributed by atoms with Gasteiger partial charge in [0.05, 0.1) is 0 Å². The molecule has 0 saturated carbocycles. The summed E-state index contributed by atoms with van der Waals surface area (Å²) in [4.78, 5) is 4.23. The summed E-state index contributed by atoms with van der Waals surface area (Å²) >= 11 is 0. The van der Waals surface area contributed by atoms with Gasteiger partial charge in [-0.15, -0.1) is 0 Å². The van der Waals surface area contributed by atoms with Crippen molar-refractivity contribution in [3.8, 4) is 0 Å².